The van der Waals surface area contributed by atoms with Crippen LogP contribution >= 0.6 is 0 Å². The first kappa shape index (κ1) is 15.3. The Morgan fingerprint density at radius 3 is 2.58 bits per heavy atom. The van der Waals surface area contributed by atoms with E-state index in [1.54, 1.807) is 0 Å². The maximum absolute atomic E-state index is 11.3. The molecule has 4 nitrogen and oxygen atoms in total. The molecule has 19 heavy (non-hydrogen) atoms. The fourth-order valence-electron chi connectivity index (χ4n) is 3.06. The Labute approximate surface area is 117 Å². The van der Waals surface area contributed by atoms with E-state index in [1.165, 1.54) is 19.1 Å². The molecule has 1 saturated carbocycles. The average molecular weight is 288 g/mol. The minimum atomic E-state index is -2.82. The average Bonchev–Trinajstić information content (AvgIpc) is 3.12. The van der Waals surface area contributed by atoms with Gasteiger partial charge >= 0.3 is 0 Å². The molecule has 0 aromatic rings. The predicted molar refractivity (Wildman–Crippen MR) is 79.1 cm³/mol. The van der Waals surface area contributed by atoms with Crippen molar-refractivity contribution in [2.75, 3.05) is 31.6 Å². The quantitative estimate of drug-likeness (QED) is 0.800. The van der Waals surface area contributed by atoms with Gasteiger partial charge < -0.3 is 5.32 Å². The molecule has 2 rings (SSSR count). The van der Waals surface area contributed by atoms with Gasteiger partial charge in [-0.05, 0) is 45.1 Å². The first-order valence-electron chi connectivity index (χ1n) is 7.50. The van der Waals surface area contributed by atoms with Crippen LogP contribution in [-0.4, -0.2) is 56.5 Å². The highest BCUT2D eigenvalue weighted by Crippen LogP contribution is 2.37. The third kappa shape index (κ3) is 4.43. The van der Waals surface area contributed by atoms with Gasteiger partial charge in [-0.2, -0.15) is 0 Å². The highest BCUT2D eigenvalue weighted by molar-refractivity contribution is 7.90. The number of rotatable bonds is 6. The molecule has 0 aromatic heterocycles. The summed E-state index contributed by atoms with van der Waals surface area (Å²) in [6.45, 7) is 7.53. The second kappa shape index (κ2) is 5.70. The third-order valence-corrected chi connectivity index (χ3v) is 5.70. The summed E-state index contributed by atoms with van der Waals surface area (Å²) in [6.07, 6.45) is 5.91. The van der Waals surface area contributed by atoms with Crippen LogP contribution < -0.4 is 5.32 Å². The lowest BCUT2D eigenvalue weighted by molar-refractivity contribution is 0.0731. The first-order chi connectivity index (χ1) is 8.83. The van der Waals surface area contributed by atoms with E-state index in [0.717, 1.165) is 38.4 Å². The van der Waals surface area contributed by atoms with Crippen LogP contribution in [0.5, 0.6) is 0 Å². The molecule has 2 fully saturated rings. The van der Waals surface area contributed by atoms with E-state index in [-0.39, 0.29) is 5.54 Å². The topological polar surface area (TPSA) is 49.4 Å². The SMILES string of the molecule is CCC1(C)CN(CCCS(C)(=O)=O)C(C2CC2)CN1. The molecule has 1 heterocycles. The molecule has 0 aromatic carbocycles. The fraction of sp³-hybridized carbons (Fsp3) is 1.00. The third-order valence-electron chi connectivity index (χ3n) is 4.67. The van der Waals surface area contributed by atoms with Crippen molar-refractivity contribution >= 4 is 9.84 Å². The van der Waals surface area contributed by atoms with E-state index in [0.29, 0.717) is 11.8 Å². The summed E-state index contributed by atoms with van der Waals surface area (Å²) in [4.78, 5) is 2.54. The minimum absolute atomic E-state index is 0.191. The highest BCUT2D eigenvalue weighted by atomic mass is 32.2. The number of nitrogens with zero attached hydrogens (tertiary/aromatic N) is 1. The summed E-state index contributed by atoms with van der Waals surface area (Å²) >= 11 is 0. The zero-order chi connectivity index (χ0) is 14.1. The molecule has 5 heteroatoms. The van der Waals surface area contributed by atoms with E-state index in [1.807, 2.05) is 0 Å². The van der Waals surface area contributed by atoms with E-state index in [9.17, 15) is 8.42 Å². The standard InChI is InChI=1S/C14H28N2O2S/c1-4-14(2)11-16(8-5-9-19(3,17)18)13(10-15-14)12-6-7-12/h12-13,15H,4-11H2,1-3H3. The number of nitrogens with one attached hydrogen (secondary N) is 1. The van der Waals surface area contributed by atoms with E-state index in [4.69, 9.17) is 0 Å². The Kier molecular flexibility index (Phi) is 4.58. The number of hydrogen-bond acceptors (Lipinski definition) is 4. The number of sulfone groups is 1. The van der Waals surface area contributed by atoms with Crippen LogP contribution in [-0.2, 0) is 9.84 Å². The molecule has 1 saturated heterocycles. The van der Waals surface area contributed by atoms with Gasteiger partial charge in [0.15, 0.2) is 0 Å². The molecule has 2 atom stereocenters. The van der Waals surface area contributed by atoms with Crippen molar-refractivity contribution in [1.82, 2.24) is 10.2 Å². The van der Waals surface area contributed by atoms with Gasteiger partial charge in [-0.1, -0.05) is 6.92 Å². The lowest BCUT2D eigenvalue weighted by Crippen LogP contribution is -2.63. The van der Waals surface area contributed by atoms with Crippen molar-refractivity contribution in [3.05, 3.63) is 0 Å². The smallest absolute Gasteiger partial charge is 0.147 e. The largest absolute Gasteiger partial charge is 0.309 e. The normalized spacial score (nSPS) is 33.5. The van der Waals surface area contributed by atoms with Gasteiger partial charge in [0.1, 0.15) is 9.84 Å². The van der Waals surface area contributed by atoms with Crippen molar-refractivity contribution in [2.24, 2.45) is 5.92 Å². The van der Waals surface area contributed by atoms with Crippen LogP contribution in [0.1, 0.15) is 39.5 Å². The molecule has 112 valence electrons. The van der Waals surface area contributed by atoms with Crippen LogP contribution in [0.4, 0.5) is 0 Å². The maximum atomic E-state index is 11.3. The summed E-state index contributed by atoms with van der Waals surface area (Å²) in [5, 5.41) is 3.69. The fourth-order valence-corrected chi connectivity index (χ4v) is 3.71. The zero-order valence-electron chi connectivity index (χ0n) is 12.5. The van der Waals surface area contributed by atoms with Gasteiger partial charge in [0.25, 0.3) is 0 Å². The lowest BCUT2D eigenvalue weighted by Gasteiger charge is -2.46. The molecule has 1 N–H and O–H groups in total. The molecule has 2 unspecified atom stereocenters. The predicted octanol–water partition coefficient (Wildman–Crippen LogP) is 1.27. The summed E-state index contributed by atoms with van der Waals surface area (Å²) in [5.41, 5.74) is 0.191. The molecule has 0 bridgehead atoms. The Morgan fingerprint density at radius 1 is 1.37 bits per heavy atom. The first-order valence-corrected chi connectivity index (χ1v) is 9.56. The van der Waals surface area contributed by atoms with E-state index in [2.05, 4.69) is 24.1 Å². The van der Waals surface area contributed by atoms with Crippen molar-refractivity contribution < 1.29 is 8.42 Å². The molecular formula is C14H28N2O2S. The summed E-state index contributed by atoms with van der Waals surface area (Å²) in [5.74, 6) is 1.16. The van der Waals surface area contributed by atoms with Gasteiger partial charge in [0.05, 0.1) is 5.75 Å². The Morgan fingerprint density at radius 2 is 2.05 bits per heavy atom. The number of hydrogen-bond donors (Lipinski definition) is 1. The van der Waals surface area contributed by atoms with Crippen LogP contribution in [0.15, 0.2) is 0 Å². The monoisotopic (exact) mass is 288 g/mol. The second-order valence-electron chi connectivity index (χ2n) is 6.65. The lowest BCUT2D eigenvalue weighted by atomic mass is 9.92. The van der Waals surface area contributed by atoms with Gasteiger partial charge in [0, 0.05) is 30.9 Å². The Hall–Kier alpha value is -0.130. The van der Waals surface area contributed by atoms with Crippen molar-refractivity contribution in [3.8, 4) is 0 Å². The van der Waals surface area contributed by atoms with Crippen LogP contribution in [0, 0.1) is 5.92 Å². The van der Waals surface area contributed by atoms with E-state index < -0.39 is 9.84 Å². The van der Waals surface area contributed by atoms with Gasteiger partial charge in [-0.3, -0.25) is 4.90 Å². The molecular weight excluding hydrogens is 260 g/mol. The Balaban J connectivity index is 1.92. The van der Waals surface area contributed by atoms with Gasteiger partial charge in [0.2, 0.25) is 0 Å². The summed E-state index contributed by atoms with van der Waals surface area (Å²) < 4.78 is 22.5. The summed E-state index contributed by atoms with van der Waals surface area (Å²) in [7, 11) is -2.82. The number of piperazine rings is 1. The van der Waals surface area contributed by atoms with E-state index >= 15 is 0 Å². The maximum Gasteiger partial charge on any atom is 0.147 e. The second-order valence-corrected chi connectivity index (χ2v) is 8.91. The molecule has 0 radical (unpaired) electrons. The minimum Gasteiger partial charge on any atom is -0.309 e. The van der Waals surface area contributed by atoms with Gasteiger partial charge in [-0.15, -0.1) is 0 Å². The zero-order valence-corrected chi connectivity index (χ0v) is 13.3. The molecule has 0 spiro atoms. The van der Waals surface area contributed by atoms with Crippen molar-refractivity contribution in [2.45, 2.75) is 51.1 Å². The van der Waals surface area contributed by atoms with Crippen LogP contribution in [0.2, 0.25) is 0 Å². The highest BCUT2D eigenvalue weighted by Gasteiger charge is 2.41. The molecule has 0 amide bonds. The van der Waals surface area contributed by atoms with Crippen molar-refractivity contribution in [3.63, 3.8) is 0 Å². The van der Waals surface area contributed by atoms with Crippen LogP contribution in [0.3, 0.4) is 0 Å². The van der Waals surface area contributed by atoms with Crippen LogP contribution in [0.25, 0.3) is 0 Å². The Bertz CT molecular complexity index is 406. The summed E-state index contributed by atoms with van der Waals surface area (Å²) in [6, 6.07) is 0.624. The van der Waals surface area contributed by atoms with Crippen molar-refractivity contribution in [1.29, 1.82) is 0 Å². The molecule has 1 aliphatic heterocycles. The molecule has 1 aliphatic carbocycles. The molecule has 2 aliphatic rings. The van der Waals surface area contributed by atoms with Gasteiger partial charge in [-0.25, -0.2) is 8.42 Å².